The van der Waals surface area contributed by atoms with Crippen molar-refractivity contribution in [1.29, 1.82) is 0 Å². The molecule has 0 fully saturated rings. The monoisotopic (exact) mass is 176 g/mol. The maximum absolute atomic E-state index is 11.8. The van der Waals surface area contributed by atoms with E-state index >= 15 is 0 Å². The van der Waals surface area contributed by atoms with Crippen LogP contribution in [0.5, 0.6) is 0 Å². The molecule has 0 spiro atoms. The molecule has 0 unspecified atom stereocenters. The number of nitrogens with zero attached hydrogens (tertiary/aromatic N) is 1. The third kappa shape index (κ3) is 2.41. The Morgan fingerprint density at radius 3 is 2.58 bits per heavy atom. The molecule has 0 bridgehead atoms. The lowest BCUT2D eigenvalue weighted by Crippen LogP contribution is -2.14. The smallest absolute Gasteiger partial charge is 0.394 e. The summed E-state index contributed by atoms with van der Waals surface area (Å²) in [5, 5.41) is 0. The predicted octanol–water partition coefficient (Wildman–Crippen LogP) is 1.77. The van der Waals surface area contributed by atoms with E-state index in [1.165, 1.54) is 18.3 Å². The Bertz CT molecular complexity index is 270. The quantitative estimate of drug-likeness (QED) is 0.708. The Morgan fingerprint density at radius 1 is 1.42 bits per heavy atom. The molecule has 0 amide bonds. The minimum absolute atomic E-state index is 0.0785. The fraction of sp³-hybridized carbons (Fsp3) is 0.286. The molecular weight excluding hydrogens is 169 g/mol. The molecule has 0 aliphatic rings. The van der Waals surface area contributed by atoms with Gasteiger partial charge in [0, 0.05) is 6.20 Å². The molecule has 1 heterocycles. The minimum Gasteiger partial charge on any atom is -0.397 e. The van der Waals surface area contributed by atoms with Crippen LogP contribution in [0, 0.1) is 0 Å². The number of halogens is 3. The summed E-state index contributed by atoms with van der Waals surface area (Å²) in [7, 11) is 0. The van der Waals surface area contributed by atoms with Gasteiger partial charge in [-0.1, -0.05) is 0 Å². The van der Waals surface area contributed by atoms with E-state index in [1.54, 1.807) is 0 Å². The number of nitrogen functional groups attached to an aromatic ring is 1. The molecule has 0 saturated heterocycles. The first-order valence-corrected chi connectivity index (χ1v) is 3.25. The first-order valence-electron chi connectivity index (χ1n) is 3.25. The molecule has 0 aliphatic heterocycles. The van der Waals surface area contributed by atoms with Crippen LogP contribution in [0.1, 0.15) is 5.69 Å². The second-order valence-electron chi connectivity index (χ2n) is 2.33. The molecule has 2 nitrogen and oxygen atoms in total. The third-order valence-electron chi connectivity index (χ3n) is 1.29. The van der Waals surface area contributed by atoms with E-state index in [1.807, 2.05) is 0 Å². The van der Waals surface area contributed by atoms with Gasteiger partial charge in [-0.05, 0) is 12.1 Å². The van der Waals surface area contributed by atoms with Crippen LogP contribution < -0.4 is 5.73 Å². The first-order chi connectivity index (χ1) is 5.49. The zero-order valence-electron chi connectivity index (χ0n) is 6.10. The summed E-state index contributed by atoms with van der Waals surface area (Å²) in [6.45, 7) is 0. The molecule has 5 heteroatoms. The van der Waals surface area contributed by atoms with Crippen molar-refractivity contribution in [2.45, 2.75) is 12.6 Å². The topological polar surface area (TPSA) is 38.9 Å². The van der Waals surface area contributed by atoms with Gasteiger partial charge < -0.3 is 5.73 Å². The van der Waals surface area contributed by atoms with Crippen LogP contribution >= 0.6 is 0 Å². The average Bonchev–Trinajstić information content (AvgIpc) is 1.91. The van der Waals surface area contributed by atoms with E-state index in [-0.39, 0.29) is 11.4 Å². The van der Waals surface area contributed by atoms with Gasteiger partial charge >= 0.3 is 6.18 Å². The van der Waals surface area contributed by atoms with Crippen molar-refractivity contribution >= 4 is 5.69 Å². The average molecular weight is 176 g/mol. The lowest BCUT2D eigenvalue weighted by molar-refractivity contribution is -0.127. The summed E-state index contributed by atoms with van der Waals surface area (Å²) in [5.41, 5.74) is 5.22. The number of pyridine rings is 1. The van der Waals surface area contributed by atoms with Crippen LogP contribution in [-0.2, 0) is 6.42 Å². The Balaban J connectivity index is 2.83. The fourth-order valence-electron chi connectivity index (χ4n) is 0.788. The second kappa shape index (κ2) is 3.00. The molecule has 1 rings (SSSR count). The number of rotatable bonds is 1. The van der Waals surface area contributed by atoms with Crippen LogP contribution in [0.3, 0.4) is 0 Å². The summed E-state index contributed by atoms with van der Waals surface area (Å²) in [4.78, 5) is 3.52. The number of alkyl halides is 3. The van der Waals surface area contributed by atoms with Gasteiger partial charge in [0.2, 0.25) is 0 Å². The SMILES string of the molecule is Nc1cccnc1CC(F)(F)F. The lowest BCUT2D eigenvalue weighted by atomic mass is 10.2. The standard InChI is InChI=1S/C7H7F3N2/c8-7(9,10)4-6-5(11)2-1-3-12-6/h1-3H,4,11H2. The maximum atomic E-state index is 11.8. The van der Waals surface area contributed by atoms with Crippen LogP contribution in [0.4, 0.5) is 18.9 Å². The number of nitrogens with two attached hydrogens (primary N) is 1. The number of hydrogen-bond acceptors (Lipinski definition) is 2. The summed E-state index contributed by atoms with van der Waals surface area (Å²) in [5.74, 6) is 0. The minimum atomic E-state index is -4.25. The highest BCUT2D eigenvalue weighted by Crippen LogP contribution is 2.22. The number of aromatic nitrogens is 1. The zero-order valence-corrected chi connectivity index (χ0v) is 6.10. The van der Waals surface area contributed by atoms with E-state index in [4.69, 9.17) is 5.73 Å². The van der Waals surface area contributed by atoms with Crippen molar-refractivity contribution in [1.82, 2.24) is 4.98 Å². The Morgan fingerprint density at radius 2 is 2.08 bits per heavy atom. The molecule has 1 aromatic heterocycles. The lowest BCUT2D eigenvalue weighted by Gasteiger charge is -2.06. The molecule has 12 heavy (non-hydrogen) atoms. The van der Waals surface area contributed by atoms with Crippen molar-refractivity contribution in [2.24, 2.45) is 0 Å². The maximum Gasteiger partial charge on any atom is 0.394 e. The second-order valence-corrected chi connectivity index (χ2v) is 2.33. The van der Waals surface area contributed by atoms with Gasteiger partial charge in [0.05, 0.1) is 17.8 Å². The molecule has 0 aliphatic carbocycles. The molecule has 0 aromatic carbocycles. The van der Waals surface area contributed by atoms with Gasteiger partial charge in [-0.25, -0.2) is 0 Å². The summed E-state index contributed by atoms with van der Waals surface area (Å²) in [6.07, 6.45) is -4.03. The molecule has 0 radical (unpaired) electrons. The van der Waals surface area contributed by atoms with Gasteiger partial charge in [-0.2, -0.15) is 13.2 Å². The van der Waals surface area contributed by atoms with E-state index < -0.39 is 12.6 Å². The first kappa shape index (κ1) is 8.83. The molecule has 0 saturated carbocycles. The Labute approximate surface area is 67.2 Å². The van der Waals surface area contributed by atoms with Crippen molar-refractivity contribution in [3.05, 3.63) is 24.0 Å². The highest BCUT2D eigenvalue weighted by atomic mass is 19.4. The summed E-state index contributed by atoms with van der Waals surface area (Å²) < 4.78 is 35.5. The summed E-state index contributed by atoms with van der Waals surface area (Å²) in [6, 6.07) is 2.89. The largest absolute Gasteiger partial charge is 0.397 e. The van der Waals surface area contributed by atoms with E-state index in [9.17, 15) is 13.2 Å². The van der Waals surface area contributed by atoms with E-state index in [0.717, 1.165) is 0 Å². The van der Waals surface area contributed by atoms with Gasteiger partial charge in [0.25, 0.3) is 0 Å². The molecule has 0 atom stereocenters. The van der Waals surface area contributed by atoms with Crippen molar-refractivity contribution in [3.8, 4) is 0 Å². The van der Waals surface area contributed by atoms with Crippen molar-refractivity contribution in [3.63, 3.8) is 0 Å². The van der Waals surface area contributed by atoms with Gasteiger partial charge in [0.15, 0.2) is 0 Å². The van der Waals surface area contributed by atoms with E-state index in [2.05, 4.69) is 4.98 Å². The highest BCUT2D eigenvalue weighted by molar-refractivity contribution is 5.42. The predicted molar refractivity (Wildman–Crippen MR) is 38.4 cm³/mol. The molecule has 66 valence electrons. The highest BCUT2D eigenvalue weighted by Gasteiger charge is 2.29. The van der Waals surface area contributed by atoms with Crippen LogP contribution in [0.15, 0.2) is 18.3 Å². The number of anilines is 1. The van der Waals surface area contributed by atoms with Crippen LogP contribution in [-0.4, -0.2) is 11.2 Å². The van der Waals surface area contributed by atoms with Crippen LogP contribution in [0.25, 0.3) is 0 Å². The Hall–Kier alpha value is -1.26. The molecule has 2 N–H and O–H groups in total. The molecular formula is C7H7F3N2. The number of hydrogen-bond donors (Lipinski definition) is 1. The van der Waals surface area contributed by atoms with E-state index in [0.29, 0.717) is 0 Å². The normalized spacial score (nSPS) is 11.6. The third-order valence-corrected chi connectivity index (χ3v) is 1.29. The van der Waals surface area contributed by atoms with Crippen molar-refractivity contribution in [2.75, 3.05) is 5.73 Å². The fourth-order valence-corrected chi connectivity index (χ4v) is 0.788. The zero-order chi connectivity index (χ0) is 9.19. The summed E-state index contributed by atoms with van der Waals surface area (Å²) >= 11 is 0. The molecule has 1 aromatic rings. The van der Waals surface area contributed by atoms with Crippen molar-refractivity contribution < 1.29 is 13.2 Å². The van der Waals surface area contributed by atoms with Gasteiger partial charge in [0.1, 0.15) is 0 Å². The van der Waals surface area contributed by atoms with Gasteiger partial charge in [-0.15, -0.1) is 0 Å². The van der Waals surface area contributed by atoms with Gasteiger partial charge in [-0.3, -0.25) is 4.98 Å². The Kier molecular flexibility index (Phi) is 2.21. The van der Waals surface area contributed by atoms with Crippen LogP contribution in [0.2, 0.25) is 0 Å².